The first-order valence-electron chi connectivity index (χ1n) is 14.7. The van der Waals surface area contributed by atoms with Crippen LogP contribution in [0.3, 0.4) is 0 Å². The molecule has 0 aliphatic rings. The van der Waals surface area contributed by atoms with Gasteiger partial charge < -0.3 is 0 Å². The number of rotatable bonds is 17. The Morgan fingerprint density at radius 1 is 0.750 bits per heavy atom. The Balaban J connectivity index is 1.76. The van der Waals surface area contributed by atoms with Crippen LogP contribution in [0.5, 0.6) is 0 Å². The molecule has 1 aromatic heterocycles. The first-order chi connectivity index (χ1) is 17.6. The van der Waals surface area contributed by atoms with Crippen molar-refractivity contribution in [2.75, 3.05) is 0 Å². The number of aromatic nitrogens is 2. The first kappa shape index (κ1) is 28.2. The van der Waals surface area contributed by atoms with Crippen LogP contribution in [0, 0.1) is 0 Å². The van der Waals surface area contributed by atoms with Gasteiger partial charge in [0.2, 0.25) is 0 Å². The zero-order chi connectivity index (χ0) is 25.6. The molecule has 36 heavy (non-hydrogen) atoms. The van der Waals surface area contributed by atoms with E-state index in [2.05, 4.69) is 110 Å². The molecule has 0 aliphatic heterocycles. The molecule has 0 spiro atoms. The van der Waals surface area contributed by atoms with Crippen molar-refractivity contribution < 1.29 is 4.57 Å². The molecule has 0 bridgehead atoms. The maximum Gasteiger partial charge on any atom is 0.258 e. The molecule has 0 saturated heterocycles. The van der Waals surface area contributed by atoms with Crippen molar-refractivity contribution in [2.24, 2.45) is 0 Å². The molecular weight excluding hydrogens is 436 g/mol. The second kappa shape index (κ2) is 15.0. The van der Waals surface area contributed by atoms with E-state index in [4.69, 9.17) is 0 Å². The summed E-state index contributed by atoms with van der Waals surface area (Å²) in [7, 11) is 0. The van der Waals surface area contributed by atoms with E-state index in [1.54, 1.807) is 0 Å². The molecule has 3 aromatic rings. The Hall–Kier alpha value is -2.35. The fourth-order valence-electron chi connectivity index (χ4n) is 5.95. The van der Waals surface area contributed by atoms with Crippen LogP contribution in [0.25, 0.3) is 0 Å². The van der Waals surface area contributed by atoms with Gasteiger partial charge >= 0.3 is 0 Å². The van der Waals surface area contributed by atoms with Crippen LogP contribution in [0.2, 0.25) is 0 Å². The fourth-order valence-corrected chi connectivity index (χ4v) is 5.95. The number of hydrogen-bond donors (Lipinski definition) is 1. The Morgan fingerprint density at radius 2 is 1.31 bits per heavy atom. The molecule has 0 fully saturated rings. The summed E-state index contributed by atoms with van der Waals surface area (Å²) in [6.45, 7) is 9.39. The van der Waals surface area contributed by atoms with Crippen molar-refractivity contribution in [1.82, 2.24) is 4.98 Å². The van der Waals surface area contributed by atoms with Gasteiger partial charge in [0, 0.05) is 5.41 Å². The molecule has 1 heterocycles. The van der Waals surface area contributed by atoms with Crippen molar-refractivity contribution in [3.8, 4) is 0 Å². The highest BCUT2D eigenvalue weighted by Gasteiger charge is 2.42. The zero-order valence-corrected chi connectivity index (χ0v) is 23.5. The van der Waals surface area contributed by atoms with Gasteiger partial charge in [0.25, 0.3) is 5.82 Å². The van der Waals surface area contributed by atoms with E-state index in [1.165, 1.54) is 87.6 Å². The van der Waals surface area contributed by atoms with Crippen LogP contribution in [0.4, 0.5) is 0 Å². The number of hydrogen-bond acceptors (Lipinski definition) is 0. The molecular formula is C34H51N2+. The minimum atomic E-state index is 0.00336. The SMILES string of the molecule is CCCCCCCCCCCCC(c1[nH]cc[n+]1C(C)C)C(C)(Cc1ccccc1)c1ccccc1. The third-order valence-electron chi connectivity index (χ3n) is 8.09. The predicted molar refractivity (Wildman–Crippen MR) is 155 cm³/mol. The van der Waals surface area contributed by atoms with Gasteiger partial charge in [-0.25, -0.2) is 9.55 Å². The summed E-state index contributed by atoms with van der Waals surface area (Å²) in [6, 6.07) is 22.8. The molecule has 0 saturated carbocycles. The predicted octanol–water partition coefficient (Wildman–Crippen LogP) is 9.48. The van der Waals surface area contributed by atoms with Crippen LogP contribution in [-0.4, -0.2) is 4.98 Å². The molecule has 2 atom stereocenters. The summed E-state index contributed by atoms with van der Waals surface area (Å²) >= 11 is 0. The van der Waals surface area contributed by atoms with Gasteiger partial charge in [-0.15, -0.1) is 0 Å². The zero-order valence-electron chi connectivity index (χ0n) is 23.5. The smallest absolute Gasteiger partial charge is 0.247 e. The van der Waals surface area contributed by atoms with Gasteiger partial charge in [0.15, 0.2) is 0 Å². The van der Waals surface area contributed by atoms with E-state index in [0.717, 1.165) is 6.42 Å². The number of nitrogens with one attached hydrogen (secondary N) is 1. The van der Waals surface area contributed by atoms with Crippen LogP contribution >= 0.6 is 0 Å². The Bertz CT molecular complexity index is 959. The summed E-state index contributed by atoms with van der Waals surface area (Å²) in [5.41, 5.74) is 2.86. The Labute approximate surface area is 221 Å². The maximum absolute atomic E-state index is 3.70. The molecule has 2 heteroatoms. The van der Waals surface area contributed by atoms with Gasteiger partial charge in [0.1, 0.15) is 12.4 Å². The van der Waals surface area contributed by atoms with Gasteiger partial charge in [0.05, 0.1) is 12.0 Å². The summed E-state index contributed by atoms with van der Waals surface area (Å²) in [6.07, 6.45) is 20.4. The van der Waals surface area contributed by atoms with E-state index in [0.29, 0.717) is 12.0 Å². The lowest BCUT2D eigenvalue weighted by atomic mass is 9.66. The Morgan fingerprint density at radius 3 is 1.89 bits per heavy atom. The number of aromatic amines is 1. The van der Waals surface area contributed by atoms with E-state index >= 15 is 0 Å². The van der Waals surface area contributed by atoms with E-state index < -0.39 is 0 Å². The minimum absolute atomic E-state index is 0.00336. The van der Waals surface area contributed by atoms with Crippen LogP contribution in [0.15, 0.2) is 73.1 Å². The van der Waals surface area contributed by atoms with Crippen molar-refractivity contribution in [2.45, 2.75) is 122 Å². The van der Waals surface area contributed by atoms with Gasteiger partial charge in [-0.05, 0) is 37.8 Å². The van der Waals surface area contributed by atoms with Crippen molar-refractivity contribution in [3.63, 3.8) is 0 Å². The molecule has 0 amide bonds. The highest BCUT2D eigenvalue weighted by atomic mass is 15.1. The van der Waals surface area contributed by atoms with Crippen molar-refractivity contribution >= 4 is 0 Å². The van der Waals surface area contributed by atoms with Crippen molar-refractivity contribution in [3.05, 3.63) is 90.0 Å². The fraction of sp³-hybridized carbons (Fsp3) is 0.559. The van der Waals surface area contributed by atoms with Gasteiger partial charge in [-0.3, -0.25) is 0 Å². The number of benzene rings is 2. The first-order valence-corrected chi connectivity index (χ1v) is 14.7. The third kappa shape index (κ3) is 8.08. The lowest BCUT2D eigenvalue weighted by Gasteiger charge is -2.37. The van der Waals surface area contributed by atoms with Gasteiger partial charge in [-0.2, -0.15) is 0 Å². The molecule has 2 nitrogen and oxygen atoms in total. The minimum Gasteiger partial charge on any atom is -0.247 e. The van der Waals surface area contributed by atoms with E-state index in [-0.39, 0.29) is 5.41 Å². The molecule has 1 N–H and O–H groups in total. The second-order valence-electron chi connectivity index (χ2n) is 11.3. The number of unbranched alkanes of at least 4 members (excludes halogenated alkanes) is 9. The lowest BCUT2D eigenvalue weighted by Crippen LogP contribution is -2.45. The maximum atomic E-state index is 3.70. The number of nitrogens with zero attached hydrogens (tertiary/aromatic N) is 1. The van der Waals surface area contributed by atoms with Crippen LogP contribution in [0.1, 0.15) is 127 Å². The van der Waals surface area contributed by atoms with E-state index in [1.807, 2.05) is 0 Å². The molecule has 2 aromatic carbocycles. The lowest BCUT2D eigenvalue weighted by molar-refractivity contribution is -0.723. The molecule has 3 rings (SSSR count). The third-order valence-corrected chi connectivity index (χ3v) is 8.09. The average Bonchev–Trinajstić information content (AvgIpc) is 3.38. The largest absolute Gasteiger partial charge is 0.258 e. The summed E-state index contributed by atoms with van der Waals surface area (Å²) in [4.78, 5) is 3.70. The average molecular weight is 488 g/mol. The highest BCUT2D eigenvalue weighted by molar-refractivity contribution is 5.32. The Kier molecular flexibility index (Phi) is 11.8. The quantitative estimate of drug-likeness (QED) is 0.144. The number of H-pyrrole nitrogens is 1. The van der Waals surface area contributed by atoms with Gasteiger partial charge in [-0.1, -0.05) is 139 Å². The van der Waals surface area contributed by atoms with Crippen molar-refractivity contribution in [1.29, 1.82) is 0 Å². The monoisotopic (exact) mass is 487 g/mol. The normalized spacial score (nSPS) is 14.1. The highest BCUT2D eigenvalue weighted by Crippen LogP contribution is 2.43. The summed E-state index contributed by atoms with van der Waals surface area (Å²) in [5, 5.41) is 0. The molecule has 0 aliphatic carbocycles. The molecule has 196 valence electrons. The topological polar surface area (TPSA) is 19.7 Å². The summed E-state index contributed by atoms with van der Waals surface area (Å²) in [5.74, 6) is 1.80. The standard InChI is InChI=1S/C34H50N2/c1-5-6-7-8-9-10-11-12-13-20-25-32(33-35-26-27-36(33)29(2)3)34(4,31-23-18-15-19-24-31)28-30-21-16-14-17-22-30/h14-19,21-24,26-27,29,32H,5-13,20,25,28H2,1-4H3/p+1. The van der Waals surface area contributed by atoms with Crippen LogP contribution in [-0.2, 0) is 11.8 Å². The number of imidazole rings is 1. The molecule has 2 unspecified atom stereocenters. The second-order valence-corrected chi connectivity index (χ2v) is 11.3. The molecule has 0 radical (unpaired) electrons. The van der Waals surface area contributed by atoms with Crippen LogP contribution < -0.4 is 4.57 Å². The summed E-state index contributed by atoms with van der Waals surface area (Å²) < 4.78 is 2.47. The van der Waals surface area contributed by atoms with E-state index in [9.17, 15) is 0 Å².